The van der Waals surface area contributed by atoms with E-state index in [1.807, 2.05) is 0 Å². The summed E-state index contributed by atoms with van der Waals surface area (Å²) in [6.07, 6.45) is 0. The summed E-state index contributed by atoms with van der Waals surface area (Å²) in [6, 6.07) is 6.39. The van der Waals surface area contributed by atoms with E-state index in [0.29, 0.717) is 6.92 Å². The highest BCUT2D eigenvalue weighted by Gasteiger charge is 2.53. The Bertz CT molecular complexity index is 563. The van der Waals surface area contributed by atoms with Crippen molar-refractivity contribution in [1.29, 1.82) is 0 Å². The molecule has 1 unspecified atom stereocenters. The minimum absolute atomic E-state index is 0.297. The van der Waals surface area contributed by atoms with Gasteiger partial charge in [0.1, 0.15) is 0 Å². The molecule has 0 saturated carbocycles. The van der Waals surface area contributed by atoms with Crippen LogP contribution in [0, 0.1) is 0 Å². The average Bonchev–Trinajstić information content (AvgIpc) is 2.26. The van der Waals surface area contributed by atoms with E-state index in [-0.39, 0.29) is 5.56 Å². The van der Waals surface area contributed by atoms with Crippen LogP contribution in [0.1, 0.15) is 17.3 Å². The van der Waals surface area contributed by atoms with Gasteiger partial charge in [-0.15, -0.1) is 0 Å². The van der Waals surface area contributed by atoms with Crippen molar-refractivity contribution < 1.29 is 35.0 Å². The van der Waals surface area contributed by atoms with Crippen LogP contribution in [0.3, 0.4) is 0 Å². The first kappa shape index (κ1) is 15.6. The predicted octanol–water partition coefficient (Wildman–Crippen LogP) is 2.42. The summed E-state index contributed by atoms with van der Waals surface area (Å²) >= 11 is 0. The molecule has 0 aliphatic heterocycles. The third-order valence-corrected chi connectivity index (χ3v) is 3.09. The lowest BCUT2D eigenvalue weighted by atomic mass is 10.1. The van der Waals surface area contributed by atoms with Gasteiger partial charge in [0.25, 0.3) is 5.85 Å². The highest BCUT2D eigenvalue weighted by atomic mass is 32.2. The number of rotatable bonds is 4. The second-order valence-corrected chi connectivity index (χ2v) is 5.13. The smallest absolute Gasteiger partial charge is 0.288 e. The molecule has 0 bridgehead atoms. The molecule has 9 heteroatoms. The first-order chi connectivity index (χ1) is 8.47. The third-order valence-electron chi connectivity index (χ3n) is 1.99. The number of hydrogen-bond acceptors (Lipinski definition) is 4. The van der Waals surface area contributed by atoms with Crippen molar-refractivity contribution in [2.24, 2.45) is 0 Å². The first-order valence-electron chi connectivity index (χ1n) is 4.78. The molecular formula is C10H8F4O4S. The largest absolute Gasteiger partial charge is 0.523 e. The van der Waals surface area contributed by atoms with Crippen molar-refractivity contribution in [3.05, 3.63) is 35.9 Å². The molecule has 0 fully saturated rings. The normalized spacial score (nSPS) is 15.8. The lowest BCUT2D eigenvalue weighted by molar-refractivity contribution is -0.0776. The van der Waals surface area contributed by atoms with E-state index in [1.54, 1.807) is 0 Å². The lowest BCUT2D eigenvalue weighted by Gasteiger charge is -2.19. The van der Waals surface area contributed by atoms with Crippen LogP contribution in [0.25, 0.3) is 0 Å². The van der Waals surface area contributed by atoms with Gasteiger partial charge in [0.2, 0.25) is 5.78 Å². The Balaban J connectivity index is 3.04. The van der Waals surface area contributed by atoms with Crippen LogP contribution >= 0.6 is 0 Å². The van der Waals surface area contributed by atoms with E-state index in [2.05, 4.69) is 4.18 Å². The van der Waals surface area contributed by atoms with Gasteiger partial charge in [-0.1, -0.05) is 30.3 Å². The number of alkyl halides is 4. The number of hydrogen-bond donors (Lipinski definition) is 0. The molecule has 0 N–H and O–H groups in total. The Morgan fingerprint density at radius 2 is 1.58 bits per heavy atom. The van der Waals surface area contributed by atoms with Gasteiger partial charge in [-0.25, -0.2) is 8.57 Å². The quantitative estimate of drug-likeness (QED) is 0.371. The molecule has 106 valence electrons. The van der Waals surface area contributed by atoms with E-state index in [4.69, 9.17) is 0 Å². The van der Waals surface area contributed by atoms with Crippen LogP contribution < -0.4 is 0 Å². The number of carbonyl (C=O) groups is 1. The van der Waals surface area contributed by atoms with Gasteiger partial charge in [-0.2, -0.15) is 21.6 Å². The molecule has 1 aromatic carbocycles. The van der Waals surface area contributed by atoms with E-state index in [0.717, 1.165) is 12.1 Å². The van der Waals surface area contributed by atoms with Gasteiger partial charge in [-0.05, 0) is 0 Å². The standard InChI is InChI=1S/C10H8F4O4S/c1-9(11,18-19(16,17)10(12,13)14)8(15)7-5-3-2-4-6-7/h2-6H,1H3. The summed E-state index contributed by atoms with van der Waals surface area (Å²) in [4.78, 5) is 11.5. The van der Waals surface area contributed by atoms with Gasteiger partial charge >= 0.3 is 15.6 Å². The average molecular weight is 300 g/mol. The predicted molar refractivity (Wildman–Crippen MR) is 56.3 cm³/mol. The zero-order valence-electron chi connectivity index (χ0n) is 9.44. The molecule has 1 rings (SSSR count). The number of halogens is 4. The fourth-order valence-electron chi connectivity index (χ4n) is 1.14. The fourth-order valence-corrected chi connectivity index (χ4v) is 1.72. The summed E-state index contributed by atoms with van der Waals surface area (Å²) < 4.78 is 74.5. The Labute approximate surface area is 106 Å². The molecule has 4 nitrogen and oxygen atoms in total. The maximum absolute atomic E-state index is 13.7. The molecule has 19 heavy (non-hydrogen) atoms. The van der Waals surface area contributed by atoms with Crippen LogP contribution in [0.15, 0.2) is 30.3 Å². The monoisotopic (exact) mass is 300 g/mol. The van der Waals surface area contributed by atoms with Crippen molar-refractivity contribution in [3.63, 3.8) is 0 Å². The number of benzene rings is 1. The highest BCUT2D eigenvalue weighted by molar-refractivity contribution is 7.87. The topological polar surface area (TPSA) is 60.4 Å². The van der Waals surface area contributed by atoms with Crippen molar-refractivity contribution in [2.45, 2.75) is 18.3 Å². The molecule has 0 aromatic heterocycles. The Hall–Kier alpha value is -1.48. The maximum Gasteiger partial charge on any atom is 0.523 e. The van der Waals surface area contributed by atoms with Crippen LogP contribution in [-0.4, -0.2) is 25.6 Å². The van der Waals surface area contributed by atoms with Crippen molar-refractivity contribution in [2.75, 3.05) is 0 Å². The van der Waals surface area contributed by atoms with E-state index in [9.17, 15) is 30.8 Å². The summed E-state index contributed by atoms with van der Waals surface area (Å²) in [7, 11) is -6.20. The number of Topliss-reactive ketones (excluding diaryl/α,β-unsaturated/α-hetero) is 1. The van der Waals surface area contributed by atoms with Crippen molar-refractivity contribution in [3.8, 4) is 0 Å². The molecule has 0 saturated heterocycles. The Morgan fingerprint density at radius 1 is 1.11 bits per heavy atom. The van der Waals surface area contributed by atoms with Crippen LogP contribution in [-0.2, 0) is 14.3 Å². The number of ketones is 1. The summed E-state index contributed by atoms with van der Waals surface area (Å²) in [5.74, 6) is -5.17. The Morgan fingerprint density at radius 3 is 2.00 bits per heavy atom. The molecule has 0 heterocycles. The molecule has 1 aromatic rings. The molecule has 0 spiro atoms. The molecule has 0 aliphatic rings. The Kier molecular flexibility index (Phi) is 4.01. The molecule has 1 atom stereocenters. The van der Waals surface area contributed by atoms with Crippen LogP contribution in [0.2, 0.25) is 0 Å². The van der Waals surface area contributed by atoms with Crippen molar-refractivity contribution >= 4 is 15.9 Å². The molecule has 0 amide bonds. The minimum Gasteiger partial charge on any atom is -0.288 e. The van der Waals surface area contributed by atoms with Gasteiger partial charge in [0, 0.05) is 12.5 Å². The van der Waals surface area contributed by atoms with E-state index >= 15 is 0 Å². The fraction of sp³-hybridized carbons (Fsp3) is 0.300. The minimum atomic E-state index is -6.20. The number of carbonyl (C=O) groups excluding carboxylic acids is 1. The second-order valence-electron chi connectivity index (χ2n) is 3.60. The summed E-state index contributed by atoms with van der Waals surface area (Å²) in [5.41, 5.74) is -6.12. The highest BCUT2D eigenvalue weighted by Crippen LogP contribution is 2.31. The van der Waals surface area contributed by atoms with E-state index < -0.39 is 27.3 Å². The van der Waals surface area contributed by atoms with Crippen LogP contribution in [0.5, 0.6) is 0 Å². The van der Waals surface area contributed by atoms with Gasteiger partial charge in [-0.3, -0.25) is 4.79 Å². The SMILES string of the molecule is CC(F)(OS(=O)(=O)C(F)(F)F)C(=O)c1ccccc1. The van der Waals surface area contributed by atoms with Gasteiger partial charge < -0.3 is 0 Å². The third kappa shape index (κ3) is 3.51. The summed E-state index contributed by atoms with van der Waals surface area (Å²) in [5, 5.41) is 0. The molecule has 0 radical (unpaired) electrons. The van der Waals surface area contributed by atoms with Crippen LogP contribution in [0.4, 0.5) is 17.6 Å². The van der Waals surface area contributed by atoms with E-state index in [1.165, 1.54) is 18.2 Å². The zero-order chi connectivity index (χ0) is 14.9. The zero-order valence-corrected chi connectivity index (χ0v) is 10.3. The van der Waals surface area contributed by atoms with Gasteiger partial charge in [0.15, 0.2) is 0 Å². The lowest BCUT2D eigenvalue weighted by Crippen LogP contribution is -2.40. The second kappa shape index (κ2) is 4.89. The first-order valence-corrected chi connectivity index (χ1v) is 6.19. The maximum atomic E-state index is 13.7. The van der Waals surface area contributed by atoms with Crippen molar-refractivity contribution in [1.82, 2.24) is 0 Å². The molecular weight excluding hydrogens is 292 g/mol. The summed E-state index contributed by atoms with van der Waals surface area (Å²) in [6.45, 7) is 0.297. The molecule has 0 aliphatic carbocycles. The van der Waals surface area contributed by atoms with Gasteiger partial charge in [0.05, 0.1) is 0 Å².